The molecule has 130 valence electrons. The first-order valence-electron chi connectivity index (χ1n) is 8.48. The summed E-state index contributed by atoms with van der Waals surface area (Å²) in [5, 5.41) is 2.76. The highest BCUT2D eigenvalue weighted by molar-refractivity contribution is 5.97. The number of hydrazine groups is 1. The number of nitrogens with one attached hydrogen (secondary N) is 3. The van der Waals surface area contributed by atoms with E-state index in [1.165, 1.54) is 6.42 Å². The van der Waals surface area contributed by atoms with E-state index < -0.39 is 0 Å². The predicted molar refractivity (Wildman–Crippen MR) is 92.1 cm³/mol. The molecule has 0 radical (unpaired) electrons. The predicted octanol–water partition coefficient (Wildman–Crippen LogP) is 2.62. The zero-order valence-corrected chi connectivity index (χ0v) is 14.2. The number of benzene rings is 1. The summed E-state index contributed by atoms with van der Waals surface area (Å²) in [4.78, 5) is 35.7. The third-order valence-corrected chi connectivity index (χ3v) is 4.21. The Morgan fingerprint density at radius 3 is 2.17 bits per heavy atom. The fraction of sp³-hybridized carbons (Fsp3) is 0.500. The Labute approximate surface area is 142 Å². The first-order valence-corrected chi connectivity index (χ1v) is 8.48. The quantitative estimate of drug-likeness (QED) is 0.741. The Hall–Kier alpha value is -2.37. The summed E-state index contributed by atoms with van der Waals surface area (Å²) in [6.45, 7) is 3.62. The van der Waals surface area contributed by atoms with Gasteiger partial charge in [0.25, 0.3) is 5.91 Å². The summed E-state index contributed by atoms with van der Waals surface area (Å²) < 4.78 is 0. The maximum absolute atomic E-state index is 12.1. The average molecular weight is 331 g/mol. The number of rotatable bonds is 4. The maximum atomic E-state index is 12.1. The van der Waals surface area contributed by atoms with Crippen LogP contribution in [0.4, 0.5) is 5.69 Å². The van der Waals surface area contributed by atoms with Crippen LogP contribution in [0.5, 0.6) is 0 Å². The zero-order chi connectivity index (χ0) is 17.5. The van der Waals surface area contributed by atoms with Crippen LogP contribution < -0.4 is 16.2 Å². The summed E-state index contributed by atoms with van der Waals surface area (Å²) in [7, 11) is 0. The van der Waals surface area contributed by atoms with Gasteiger partial charge in [-0.3, -0.25) is 25.2 Å². The summed E-state index contributed by atoms with van der Waals surface area (Å²) in [6, 6.07) is 6.55. The van der Waals surface area contributed by atoms with Crippen molar-refractivity contribution < 1.29 is 14.4 Å². The Morgan fingerprint density at radius 2 is 1.58 bits per heavy atom. The van der Waals surface area contributed by atoms with E-state index in [0.29, 0.717) is 11.3 Å². The van der Waals surface area contributed by atoms with Crippen LogP contribution >= 0.6 is 0 Å². The van der Waals surface area contributed by atoms with Crippen LogP contribution in [0.1, 0.15) is 56.3 Å². The molecule has 1 aliphatic carbocycles. The molecule has 0 heterocycles. The van der Waals surface area contributed by atoms with Gasteiger partial charge in [0.1, 0.15) is 0 Å². The fourth-order valence-corrected chi connectivity index (χ4v) is 2.65. The van der Waals surface area contributed by atoms with Crippen LogP contribution in [0.2, 0.25) is 0 Å². The van der Waals surface area contributed by atoms with Gasteiger partial charge in [0, 0.05) is 23.1 Å². The van der Waals surface area contributed by atoms with Gasteiger partial charge in [-0.2, -0.15) is 0 Å². The Kier molecular flexibility index (Phi) is 6.35. The molecule has 0 saturated heterocycles. The number of hydrogen-bond acceptors (Lipinski definition) is 3. The van der Waals surface area contributed by atoms with Gasteiger partial charge in [-0.05, 0) is 37.1 Å². The molecule has 1 fully saturated rings. The highest BCUT2D eigenvalue weighted by atomic mass is 16.2. The van der Waals surface area contributed by atoms with Crippen molar-refractivity contribution in [3.8, 4) is 0 Å². The lowest BCUT2D eigenvalue weighted by Gasteiger charge is -2.20. The highest BCUT2D eigenvalue weighted by Gasteiger charge is 2.21. The molecule has 1 aromatic carbocycles. The number of hydrogen-bond donors (Lipinski definition) is 3. The van der Waals surface area contributed by atoms with E-state index in [2.05, 4.69) is 16.2 Å². The van der Waals surface area contributed by atoms with E-state index in [4.69, 9.17) is 0 Å². The number of amides is 3. The molecule has 2 rings (SSSR count). The van der Waals surface area contributed by atoms with Crippen molar-refractivity contribution in [1.82, 2.24) is 10.9 Å². The molecule has 24 heavy (non-hydrogen) atoms. The number of carbonyl (C=O) groups excluding carboxylic acids is 3. The molecular formula is C18H25N3O3. The largest absolute Gasteiger partial charge is 0.326 e. The zero-order valence-electron chi connectivity index (χ0n) is 14.2. The molecule has 1 saturated carbocycles. The topological polar surface area (TPSA) is 87.3 Å². The summed E-state index contributed by atoms with van der Waals surface area (Å²) in [5.41, 5.74) is 6.01. The van der Waals surface area contributed by atoms with Gasteiger partial charge < -0.3 is 5.32 Å². The van der Waals surface area contributed by atoms with E-state index in [1.54, 1.807) is 24.3 Å². The van der Waals surface area contributed by atoms with Crippen molar-refractivity contribution in [1.29, 1.82) is 0 Å². The van der Waals surface area contributed by atoms with Gasteiger partial charge in [0.15, 0.2) is 0 Å². The van der Waals surface area contributed by atoms with Crippen molar-refractivity contribution in [2.75, 3.05) is 5.32 Å². The second kappa shape index (κ2) is 8.47. The van der Waals surface area contributed by atoms with Crippen LogP contribution in [0.25, 0.3) is 0 Å². The minimum atomic E-state index is -0.374. The average Bonchev–Trinajstić information content (AvgIpc) is 2.60. The SMILES string of the molecule is CC(C)C(=O)Nc1ccc(C(=O)NNC(=O)C2CCCCC2)cc1. The van der Waals surface area contributed by atoms with Gasteiger partial charge in [0.2, 0.25) is 11.8 Å². The van der Waals surface area contributed by atoms with E-state index in [-0.39, 0.29) is 29.6 Å². The summed E-state index contributed by atoms with van der Waals surface area (Å²) in [6.07, 6.45) is 5.07. The smallest absolute Gasteiger partial charge is 0.269 e. The molecule has 0 aliphatic heterocycles. The molecule has 3 amide bonds. The number of anilines is 1. The second-order valence-corrected chi connectivity index (χ2v) is 6.50. The van der Waals surface area contributed by atoms with Crippen LogP contribution in [-0.4, -0.2) is 17.7 Å². The maximum Gasteiger partial charge on any atom is 0.269 e. The third-order valence-electron chi connectivity index (χ3n) is 4.21. The third kappa shape index (κ3) is 5.08. The van der Waals surface area contributed by atoms with E-state index in [9.17, 15) is 14.4 Å². The molecule has 0 atom stereocenters. The van der Waals surface area contributed by atoms with Crippen molar-refractivity contribution in [2.24, 2.45) is 11.8 Å². The van der Waals surface area contributed by atoms with Gasteiger partial charge >= 0.3 is 0 Å². The second-order valence-electron chi connectivity index (χ2n) is 6.50. The first-order chi connectivity index (χ1) is 11.5. The van der Waals surface area contributed by atoms with Gasteiger partial charge in [-0.15, -0.1) is 0 Å². The fourth-order valence-electron chi connectivity index (χ4n) is 2.65. The van der Waals surface area contributed by atoms with E-state index in [1.807, 2.05) is 13.8 Å². The number of carbonyl (C=O) groups is 3. The van der Waals surface area contributed by atoms with Crippen molar-refractivity contribution >= 4 is 23.4 Å². The van der Waals surface area contributed by atoms with Crippen LogP contribution in [0.15, 0.2) is 24.3 Å². The minimum Gasteiger partial charge on any atom is -0.326 e. The lowest BCUT2D eigenvalue weighted by atomic mass is 9.89. The first kappa shape index (κ1) is 18.0. The molecule has 0 spiro atoms. The Morgan fingerprint density at radius 1 is 0.958 bits per heavy atom. The van der Waals surface area contributed by atoms with Crippen molar-refractivity contribution in [2.45, 2.75) is 46.0 Å². The van der Waals surface area contributed by atoms with Crippen LogP contribution in [-0.2, 0) is 9.59 Å². The standard InChI is InChI=1S/C18H25N3O3/c1-12(2)16(22)19-15-10-8-14(9-11-15)18(24)21-20-17(23)13-6-4-3-5-7-13/h8-13H,3-7H2,1-2H3,(H,19,22)(H,20,23)(H,21,24). The molecule has 1 aliphatic rings. The van der Waals surface area contributed by atoms with Gasteiger partial charge in [0.05, 0.1) is 0 Å². The lowest BCUT2D eigenvalue weighted by Crippen LogP contribution is -2.44. The molecule has 1 aromatic rings. The lowest BCUT2D eigenvalue weighted by molar-refractivity contribution is -0.126. The molecule has 0 aromatic heterocycles. The van der Waals surface area contributed by atoms with Crippen LogP contribution in [0.3, 0.4) is 0 Å². The minimum absolute atomic E-state index is 0.00679. The molecule has 3 N–H and O–H groups in total. The Balaban J connectivity index is 1.83. The van der Waals surface area contributed by atoms with E-state index in [0.717, 1.165) is 25.7 Å². The van der Waals surface area contributed by atoms with Crippen LogP contribution in [0, 0.1) is 11.8 Å². The highest BCUT2D eigenvalue weighted by Crippen LogP contribution is 2.23. The molecule has 0 bridgehead atoms. The molecule has 6 nitrogen and oxygen atoms in total. The summed E-state index contributed by atoms with van der Waals surface area (Å²) in [5.74, 6) is -0.688. The van der Waals surface area contributed by atoms with Crippen molar-refractivity contribution in [3.05, 3.63) is 29.8 Å². The van der Waals surface area contributed by atoms with E-state index >= 15 is 0 Å². The summed E-state index contributed by atoms with van der Waals surface area (Å²) >= 11 is 0. The van der Waals surface area contributed by atoms with Gasteiger partial charge in [-0.1, -0.05) is 33.1 Å². The normalized spacial score (nSPS) is 15.0. The van der Waals surface area contributed by atoms with Crippen molar-refractivity contribution in [3.63, 3.8) is 0 Å². The molecular weight excluding hydrogens is 306 g/mol. The van der Waals surface area contributed by atoms with Gasteiger partial charge in [-0.25, -0.2) is 0 Å². The monoisotopic (exact) mass is 331 g/mol. The molecule has 6 heteroatoms. The molecule has 0 unspecified atom stereocenters. The Bertz CT molecular complexity index is 590.